The normalized spacial score (nSPS) is 20.6. The van der Waals surface area contributed by atoms with Gasteiger partial charge in [-0.05, 0) is 36.8 Å². The van der Waals surface area contributed by atoms with Crippen molar-refractivity contribution in [1.29, 1.82) is 0 Å². The van der Waals surface area contributed by atoms with E-state index in [1.165, 1.54) is 17.0 Å². The van der Waals surface area contributed by atoms with Crippen molar-refractivity contribution in [1.82, 2.24) is 14.5 Å². The number of fused-ring (bicyclic) bond motifs is 1. The van der Waals surface area contributed by atoms with Gasteiger partial charge in [0.2, 0.25) is 15.9 Å². The molecule has 0 aliphatic carbocycles. The van der Waals surface area contributed by atoms with E-state index in [1.807, 2.05) is 19.1 Å². The Morgan fingerprint density at radius 3 is 2.26 bits per heavy atom. The lowest BCUT2D eigenvalue weighted by atomic mass is 9.96. The van der Waals surface area contributed by atoms with E-state index in [0.29, 0.717) is 11.3 Å². The van der Waals surface area contributed by atoms with Gasteiger partial charge in [0, 0.05) is 6.54 Å². The van der Waals surface area contributed by atoms with E-state index >= 15 is 0 Å². The van der Waals surface area contributed by atoms with E-state index in [4.69, 9.17) is 9.47 Å². The van der Waals surface area contributed by atoms with Crippen LogP contribution in [0.15, 0.2) is 89.8 Å². The van der Waals surface area contributed by atoms with Gasteiger partial charge in [-0.2, -0.15) is 4.31 Å². The van der Waals surface area contributed by atoms with Crippen molar-refractivity contribution in [3.8, 4) is 5.75 Å². The largest absolute Gasteiger partial charge is 0.484 e. The van der Waals surface area contributed by atoms with Gasteiger partial charge >= 0.3 is 5.97 Å². The van der Waals surface area contributed by atoms with Crippen LogP contribution in [0.5, 0.6) is 5.75 Å². The van der Waals surface area contributed by atoms with Crippen molar-refractivity contribution < 1.29 is 32.3 Å². The molecule has 5 rings (SSSR count). The summed E-state index contributed by atoms with van der Waals surface area (Å²) in [4.78, 5) is 40.1. The Bertz CT molecular complexity index is 1460. The van der Waals surface area contributed by atoms with Crippen LogP contribution in [-0.4, -0.2) is 66.8 Å². The zero-order valence-corrected chi connectivity index (χ0v) is 21.9. The maximum atomic E-state index is 13.6. The average Bonchev–Trinajstić information content (AvgIpc) is 3.32. The molecule has 2 unspecified atom stereocenters. The summed E-state index contributed by atoms with van der Waals surface area (Å²) in [6.07, 6.45) is -1.49. The maximum Gasteiger partial charge on any atom is 0.345 e. The van der Waals surface area contributed by atoms with E-state index in [2.05, 4.69) is 5.32 Å². The van der Waals surface area contributed by atoms with Crippen LogP contribution in [0.1, 0.15) is 11.1 Å². The summed E-state index contributed by atoms with van der Waals surface area (Å²) >= 11 is 0. The number of aryl methyl sites for hydroxylation is 1. The molecule has 0 spiro atoms. The molecule has 0 aromatic heterocycles. The summed E-state index contributed by atoms with van der Waals surface area (Å²) in [6.45, 7) is 1.24. The standard InChI is InChI=1S/C28H27N3O7S/c1-19-12-14-22(15-13-19)39(35,36)30-16-23-25(29-24(32)18-37-21-10-6-3-7-11-21)27(33)31(23)26(30)28(34)38-17-20-8-4-2-5-9-20/h2-15,23,25-26H,16-18H2,1H3,(H,29,32)/t23?,25-,26?/m0/s1. The molecule has 2 aliphatic heterocycles. The smallest absolute Gasteiger partial charge is 0.345 e. The summed E-state index contributed by atoms with van der Waals surface area (Å²) in [5.74, 6) is -1.49. The minimum absolute atomic E-state index is 0.0132. The molecule has 1 N–H and O–H groups in total. The molecule has 39 heavy (non-hydrogen) atoms. The van der Waals surface area contributed by atoms with Gasteiger partial charge in [-0.1, -0.05) is 66.2 Å². The number of carbonyl (C=O) groups excluding carboxylic acids is 3. The van der Waals surface area contributed by atoms with Gasteiger partial charge in [0.1, 0.15) is 18.4 Å². The first-order valence-electron chi connectivity index (χ1n) is 12.3. The molecule has 2 heterocycles. The van der Waals surface area contributed by atoms with Gasteiger partial charge in [-0.3, -0.25) is 9.59 Å². The molecule has 0 saturated carbocycles. The van der Waals surface area contributed by atoms with Crippen LogP contribution in [0.4, 0.5) is 0 Å². The van der Waals surface area contributed by atoms with Crippen LogP contribution >= 0.6 is 0 Å². The van der Waals surface area contributed by atoms with Crippen molar-refractivity contribution in [2.45, 2.75) is 36.7 Å². The van der Waals surface area contributed by atoms with Crippen LogP contribution < -0.4 is 10.1 Å². The number of amides is 2. The number of β-lactam (4-membered cyclic amide) rings is 1. The van der Waals surface area contributed by atoms with Crippen molar-refractivity contribution in [3.05, 3.63) is 96.1 Å². The highest BCUT2D eigenvalue weighted by Gasteiger charge is 2.63. The third-order valence-electron chi connectivity index (χ3n) is 6.66. The number of para-hydroxylation sites is 1. The van der Waals surface area contributed by atoms with Gasteiger partial charge in [0.15, 0.2) is 12.8 Å². The highest BCUT2D eigenvalue weighted by atomic mass is 32.2. The molecule has 3 aromatic carbocycles. The molecule has 11 heteroatoms. The second kappa shape index (κ2) is 10.9. The monoisotopic (exact) mass is 549 g/mol. The lowest BCUT2D eigenvalue weighted by molar-refractivity contribution is -0.167. The zero-order valence-electron chi connectivity index (χ0n) is 21.1. The summed E-state index contributed by atoms with van der Waals surface area (Å²) in [5.41, 5.74) is 1.58. The summed E-state index contributed by atoms with van der Waals surface area (Å²) in [6, 6.07) is 22.1. The number of rotatable bonds is 9. The second-order valence-electron chi connectivity index (χ2n) is 9.31. The Morgan fingerprint density at radius 2 is 1.59 bits per heavy atom. The van der Waals surface area contributed by atoms with E-state index in [1.54, 1.807) is 60.7 Å². The predicted octanol–water partition coefficient (Wildman–Crippen LogP) is 1.84. The maximum absolute atomic E-state index is 13.6. The molecular formula is C28H27N3O7S. The quantitative estimate of drug-likeness (QED) is 0.319. The Kier molecular flexibility index (Phi) is 7.36. The molecule has 2 saturated heterocycles. The second-order valence-corrected chi connectivity index (χ2v) is 11.2. The van der Waals surface area contributed by atoms with E-state index in [9.17, 15) is 22.8 Å². The first kappa shape index (κ1) is 26.4. The third-order valence-corrected chi connectivity index (χ3v) is 8.49. The van der Waals surface area contributed by atoms with Gasteiger partial charge in [0.05, 0.1) is 10.9 Å². The van der Waals surface area contributed by atoms with E-state index in [0.717, 1.165) is 9.87 Å². The van der Waals surface area contributed by atoms with Crippen LogP contribution in [0.2, 0.25) is 0 Å². The minimum atomic E-state index is -4.18. The number of benzene rings is 3. The predicted molar refractivity (Wildman–Crippen MR) is 140 cm³/mol. The van der Waals surface area contributed by atoms with E-state index < -0.39 is 46.1 Å². The minimum Gasteiger partial charge on any atom is -0.484 e. The van der Waals surface area contributed by atoms with Crippen LogP contribution in [0, 0.1) is 6.92 Å². The number of sulfonamides is 1. The van der Waals surface area contributed by atoms with Gasteiger partial charge in [0.25, 0.3) is 5.91 Å². The fraction of sp³-hybridized carbons (Fsp3) is 0.250. The molecular weight excluding hydrogens is 522 g/mol. The lowest BCUT2D eigenvalue weighted by Crippen LogP contribution is -2.71. The molecule has 3 atom stereocenters. The van der Waals surface area contributed by atoms with Crippen molar-refractivity contribution in [2.24, 2.45) is 0 Å². The Morgan fingerprint density at radius 1 is 0.949 bits per heavy atom. The molecule has 202 valence electrons. The third kappa shape index (κ3) is 5.36. The molecule has 2 fully saturated rings. The number of ether oxygens (including phenoxy) is 2. The fourth-order valence-electron chi connectivity index (χ4n) is 4.63. The van der Waals surface area contributed by atoms with Crippen LogP contribution in [0.3, 0.4) is 0 Å². The molecule has 2 amide bonds. The van der Waals surface area contributed by atoms with Crippen LogP contribution in [-0.2, 0) is 35.8 Å². The first-order chi connectivity index (χ1) is 18.8. The highest BCUT2D eigenvalue weighted by molar-refractivity contribution is 7.89. The Hall–Kier alpha value is -4.22. The van der Waals surface area contributed by atoms with Crippen LogP contribution in [0.25, 0.3) is 0 Å². The number of hydrogen-bond acceptors (Lipinski definition) is 7. The lowest BCUT2D eigenvalue weighted by Gasteiger charge is -2.43. The Balaban J connectivity index is 1.34. The topological polar surface area (TPSA) is 122 Å². The highest BCUT2D eigenvalue weighted by Crippen LogP contribution is 2.37. The van der Waals surface area contributed by atoms with Crippen molar-refractivity contribution >= 4 is 27.8 Å². The molecule has 0 radical (unpaired) electrons. The first-order valence-corrected chi connectivity index (χ1v) is 13.8. The molecule has 2 aliphatic rings. The van der Waals surface area contributed by atoms with Gasteiger partial charge < -0.3 is 19.7 Å². The molecule has 10 nitrogen and oxygen atoms in total. The fourth-order valence-corrected chi connectivity index (χ4v) is 6.18. The van der Waals surface area contributed by atoms with E-state index in [-0.39, 0.29) is 24.7 Å². The Labute approximate surface area is 226 Å². The summed E-state index contributed by atoms with van der Waals surface area (Å²) in [7, 11) is -4.18. The summed E-state index contributed by atoms with van der Waals surface area (Å²) in [5, 5.41) is 2.62. The summed E-state index contributed by atoms with van der Waals surface area (Å²) < 4.78 is 39.1. The molecule has 3 aromatic rings. The van der Waals surface area contributed by atoms with Gasteiger partial charge in [-0.15, -0.1) is 0 Å². The average molecular weight is 550 g/mol. The number of nitrogens with one attached hydrogen (secondary N) is 1. The molecule has 0 bridgehead atoms. The SMILES string of the molecule is Cc1ccc(S(=O)(=O)N2CC3[C@H](NC(=O)COc4ccccc4)C(=O)N3C2C(=O)OCc2ccccc2)cc1. The number of carbonyl (C=O) groups is 3. The van der Waals surface area contributed by atoms with Crippen molar-refractivity contribution in [2.75, 3.05) is 13.2 Å². The number of esters is 1. The van der Waals surface area contributed by atoms with Crippen molar-refractivity contribution in [3.63, 3.8) is 0 Å². The number of nitrogens with zero attached hydrogens (tertiary/aromatic N) is 2. The van der Waals surface area contributed by atoms with Gasteiger partial charge in [-0.25, -0.2) is 13.2 Å². The number of hydrogen-bond donors (Lipinski definition) is 1. The zero-order chi connectivity index (χ0) is 27.6.